The van der Waals surface area contributed by atoms with Gasteiger partial charge >= 0.3 is 0 Å². The zero-order valence-electron chi connectivity index (χ0n) is 11.4. The van der Waals surface area contributed by atoms with E-state index in [9.17, 15) is 9.59 Å². The molecule has 0 fully saturated rings. The lowest BCUT2D eigenvalue weighted by atomic mass is 10.00. The number of benzene rings is 1. The van der Waals surface area contributed by atoms with E-state index in [-0.39, 0.29) is 17.7 Å². The van der Waals surface area contributed by atoms with E-state index in [0.717, 1.165) is 24.2 Å². The van der Waals surface area contributed by atoms with Crippen molar-refractivity contribution in [1.82, 2.24) is 5.32 Å². The highest BCUT2D eigenvalue weighted by Crippen LogP contribution is 2.25. The van der Waals surface area contributed by atoms with Crippen molar-refractivity contribution in [3.05, 3.63) is 29.3 Å². The third kappa shape index (κ3) is 2.95. The molecular formula is C15H19NO3. The molecule has 0 spiro atoms. The highest BCUT2D eigenvalue weighted by Gasteiger charge is 2.26. The van der Waals surface area contributed by atoms with Crippen molar-refractivity contribution < 1.29 is 14.3 Å². The van der Waals surface area contributed by atoms with Crippen molar-refractivity contribution in [2.45, 2.75) is 38.6 Å². The van der Waals surface area contributed by atoms with Crippen molar-refractivity contribution in [1.29, 1.82) is 0 Å². The number of hydrogen-bond acceptors (Lipinski definition) is 3. The van der Waals surface area contributed by atoms with E-state index in [1.54, 1.807) is 26.2 Å². The zero-order valence-corrected chi connectivity index (χ0v) is 11.4. The number of ketones is 1. The Labute approximate surface area is 113 Å². The second-order valence-corrected chi connectivity index (χ2v) is 4.75. The van der Waals surface area contributed by atoms with Crippen molar-refractivity contribution in [3.8, 4) is 5.75 Å². The van der Waals surface area contributed by atoms with Gasteiger partial charge in [0.05, 0.1) is 13.2 Å². The summed E-state index contributed by atoms with van der Waals surface area (Å²) in [5.41, 5.74) is 1.72. The molecule has 1 unspecified atom stereocenters. The molecule has 1 atom stereocenters. The maximum atomic E-state index is 12.4. The van der Waals surface area contributed by atoms with E-state index in [1.807, 2.05) is 6.07 Å². The Bertz CT molecular complexity index is 496. The number of carbonyl (C=O) groups excluding carboxylic acids is 2. The number of amides is 1. The zero-order chi connectivity index (χ0) is 13.8. The number of fused-ring (bicyclic) bond motifs is 1. The highest BCUT2D eigenvalue weighted by molar-refractivity contribution is 6.03. The lowest BCUT2D eigenvalue weighted by Crippen LogP contribution is -2.40. The molecule has 1 aromatic carbocycles. The first-order valence-corrected chi connectivity index (χ1v) is 6.66. The van der Waals surface area contributed by atoms with Crippen LogP contribution in [0.2, 0.25) is 0 Å². The average molecular weight is 261 g/mol. The number of rotatable bonds is 3. The van der Waals surface area contributed by atoms with Gasteiger partial charge in [0.15, 0.2) is 5.78 Å². The Morgan fingerprint density at radius 3 is 2.95 bits per heavy atom. The standard InChI is InChI=1S/C15H19NO3/c1-3-14(17)16-13-6-4-5-10-9-11(19-2)7-8-12(10)15(13)18/h7-9,13H,3-6H2,1-2H3,(H,16,17). The predicted molar refractivity (Wildman–Crippen MR) is 72.5 cm³/mol. The first-order chi connectivity index (χ1) is 9.15. The number of methoxy groups -OCH3 is 1. The van der Waals surface area contributed by atoms with Gasteiger partial charge in [0, 0.05) is 12.0 Å². The fraction of sp³-hybridized carbons (Fsp3) is 0.467. The molecule has 0 saturated heterocycles. The van der Waals surface area contributed by atoms with Crippen LogP contribution in [0.3, 0.4) is 0 Å². The minimum absolute atomic E-state index is 0.0111. The van der Waals surface area contributed by atoms with Crippen LogP contribution in [0.25, 0.3) is 0 Å². The smallest absolute Gasteiger partial charge is 0.220 e. The van der Waals surface area contributed by atoms with Crippen LogP contribution in [0.15, 0.2) is 18.2 Å². The molecule has 0 saturated carbocycles. The molecule has 0 aromatic heterocycles. The lowest BCUT2D eigenvalue weighted by molar-refractivity contribution is -0.121. The van der Waals surface area contributed by atoms with Gasteiger partial charge in [0.1, 0.15) is 5.75 Å². The van der Waals surface area contributed by atoms with Gasteiger partial charge in [-0.05, 0) is 43.0 Å². The molecule has 102 valence electrons. The second kappa shape index (κ2) is 5.87. The van der Waals surface area contributed by atoms with Gasteiger partial charge in [-0.3, -0.25) is 9.59 Å². The molecule has 19 heavy (non-hydrogen) atoms. The monoisotopic (exact) mass is 261 g/mol. The van der Waals surface area contributed by atoms with Gasteiger partial charge in [0.2, 0.25) is 5.91 Å². The maximum Gasteiger partial charge on any atom is 0.220 e. The molecule has 4 heteroatoms. The number of nitrogens with one attached hydrogen (secondary N) is 1. The molecule has 1 aliphatic rings. The van der Waals surface area contributed by atoms with Crippen LogP contribution >= 0.6 is 0 Å². The van der Waals surface area contributed by atoms with Crippen molar-refractivity contribution >= 4 is 11.7 Å². The third-order valence-electron chi connectivity index (χ3n) is 3.49. The molecule has 2 rings (SSSR count). The predicted octanol–water partition coefficient (Wildman–Crippen LogP) is 2.11. The Balaban J connectivity index is 2.26. The van der Waals surface area contributed by atoms with Crippen molar-refractivity contribution in [2.24, 2.45) is 0 Å². The third-order valence-corrected chi connectivity index (χ3v) is 3.49. The molecule has 1 amide bonds. The van der Waals surface area contributed by atoms with Crippen LogP contribution in [0, 0.1) is 0 Å². The molecule has 0 heterocycles. The van der Waals surface area contributed by atoms with Crippen molar-refractivity contribution in [3.63, 3.8) is 0 Å². The van der Waals surface area contributed by atoms with Gasteiger partial charge in [0.25, 0.3) is 0 Å². The van der Waals surface area contributed by atoms with E-state index in [2.05, 4.69) is 5.32 Å². The molecule has 1 N–H and O–H groups in total. The summed E-state index contributed by atoms with van der Waals surface area (Å²) in [7, 11) is 1.62. The first-order valence-electron chi connectivity index (χ1n) is 6.66. The van der Waals surface area contributed by atoms with E-state index in [1.165, 1.54) is 0 Å². The van der Waals surface area contributed by atoms with Crippen molar-refractivity contribution in [2.75, 3.05) is 7.11 Å². The number of ether oxygens (including phenoxy) is 1. The Morgan fingerprint density at radius 1 is 1.47 bits per heavy atom. The SMILES string of the molecule is CCC(=O)NC1CCCc2cc(OC)ccc2C1=O. The topological polar surface area (TPSA) is 55.4 Å². The lowest BCUT2D eigenvalue weighted by Gasteiger charge is -2.15. The molecular weight excluding hydrogens is 242 g/mol. The fourth-order valence-electron chi connectivity index (χ4n) is 2.39. The van der Waals surface area contributed by atoms with Gasteiger partial charge in [-0.2, -0.15) is 0 Å². The van der Waals surface area contributed by atoms with Gasteiger partial charge in [-0.15, -0.1) is 0 Å². The average Bonchev–Trinajstić information content (AvgIpc) is 2.58. The Kier molecular flexibility index (Phi) is 4.20. The minimum atomic E-state index is -0.387. The molecule has 0 radical (unpaired) electrons. The second-order valence-electron chi connectivity index (χ2n) is 4.75. The Morgan fingerprint density at radius 2 is 2.26 bits per heavy atom. The quantitative estimate of drug-likeness (QED) is 0.848. The summed E-state index contributed by atoms with van der Waals surface area (Å²) in [6.07, 6.45) is 2.83. The Hall–Kier alpha value is -1.84. The maximum absolute atomic E-state index is 12.4. The van der Waals surface area contributed by atoms with Gasteiger partial charge in [-0.25, -0.2) is 0 Å². The number of carbonyl (C=O) groups is 2. The molecule has 4 nitrogen and oxygen atoms in total. The summed E-state index contributed by atoms with van der Waals surface area (Å²) < 4.78 is 5.18. The fourth-order valence-corrected chi connectivity index (χ4v) is 2.39. The van der Waals surface area contributed by atoms with E-state index in [4.69, 9.17) is 4.74 Å². The summed E-state index contributed by atoms with van der Waals surface area (Å²) in [4.78, 5) is 23.9. The summed E-state index contributed by atoms with van der Waals surface area (Å²) in [5.74, 6) is 0.704. The summed E-state index contributed by atoms with van der Waals surface area (Å²) >= 11 is 0. The molecule has 0 bridgehead atoms. The summed E-state index contributed by atoms with van der Waals surface area (Å²) in [5, 5.41) is 2.81. The van der Waals surface area contributed by atoms with E-state index in [0.29, 0.717) is 18.4 Å². The number of Topliss-reactive ketones (excluding diaryl/α,β-unsaturated/α-hetero) is 1. The van der Waals surface area contributed by atoms with E-state index < -0.39 is 0 Å². The molecule has 1 aromatic rings. The minimum Gasteiger partial charge on any atom is -0.497 e. The van der Waals surface area contributed by atoms with Gasteiger partial charge < -0.3 is 10.1 Å². The van der Waals surface area contributed by atoms with Crippen LogP contribution in [-0.4, -0.2) is 24.8 Å². The molecule has 1 aliphatic carbocycles. The first kappa shape index (κ1) is 13.6. The van der Waals surface area contributed by atoms with Crippen LogP contribution in [0.1, 0.15) is 42.1 Å². The summed E-state index contributed by atoms with van der Waals surface area (Å²) in [6, 6.07) is 5.12. The number of aryl methyl sites for hydroxylation is 1. The molecule has 0 aliphatic heterocycles. The largest absolute Gasteiger partial charge is 0.497 e. The van der Waals surface area contributed by atoms with Crippen LogP contribution in [0.4, 0.5) is 0 Å². The van der Waals surface area contributed by atoms with Gasteiger partial charge in [-0.1, -0.05) is 6.92 Å². The van der Waals surface area contributed by atoms with Crippen LogP contribution < -0.4 is 10.1 Å². The highest BCUT2D eigenvalue weighted by atomic mass is 16.5. The van der Waals surface area contributed by atoms with Crippen LogP contribution in [-0.2, 0) is 11.2 Å². The summed E-state index contributed by atoms with van der Waals surface area (Å²) in [6.45, 7) is 1.79. The van der Waals surface area contributed by atoms with E-state index >= 15 is 0 Å². The van der Waals surface area contributed by atoms with Crippen LogP contribution in [0.5, 0.6) is 5.75 Å². The number of hydrogen-bond donors (Lipinski definition) is 1. The normalized spacial score (nSPS) is 18.4.